The molecule has 2 heterocycles. The number of carboxylic acid groups (broad SMARTS) is 1. The van der Waals surface area contributed by atoms with Crippen molar-refractivity contribution in [2.75, 3.05) is 31.3 Å². The molecule has 1 amide bonds. The van der Waals surface area contributed by atoms with E-state index in [0.29, 0.717) is 44.8 Å². The first kappa shape index (κ1) is 24.6. The smallest absolute Gasteiger partial charge is 0.314 e. The lowest BCUT2D eigenvalue weighted by molar-refractivity contribution is -0.145. The number of morpholine rings is 1. The van der Waals surface area contributed by atoms with Gasteiger partial charge in [0, 0.05) is 18.8 Å². The normalized spacial score (nSPS) is 18.1. The number of aliphatic carboxylic acids is 1. The fourth-order valence-corrected chi connectivity index (χ4v) is 4.50. The Morgan fingerprint density at radius 2 is 1.77 bits per heavy atom. The molecule has 0 bridgehead atoms. The maximum atomic E-state index is 12.5. The Labute approximate surface area is 181 Å². The highest BCUT2D eigenvalue weighted by Gasteiger charge is 2.27. The highest BCUT2D eigenvalue weighted by atomic mass is 32.2. The summed E-state index contributed by atoms with van der Waals surface area (Å²) in [5.41, 5.74) is 1.32. The highest BCUT2D eigenvalue weighted by molar-refractivity contribution is 7.89. The van der Waals surface area contributed by atoms with Crippen LogP contribution in [-0.4, -0.2) is 67.5 Å². The molecule has 1 saturated heterocycles. The Bertz CT molecular complexity index is 937. The van der Waals surface area contributed by atoms with Gasteiger partial charge >= 0.3 is 5.97 Å². The lowest BCUT2D eigenvalue weighted by atomic mass is 10.0. The molecule has 11 heteroatoms. The average molecular weight is 454 g/mol. The van der Waals surface area contributed by atoms with Gasteiger partial charge in [-0.1, -0.05) is 6.92 Å². The Hall–Kier alpha value is -2.63. The van der Waals surface area contributed by atoms with Crippen LogP contribution in [0.15, 0.2) is 34.3 Å². The molecule has 0 aromatic heterocycles. The van der Waals surface area contributed by atoms with Crippen LogP contribution in [0.2, 0.25) is 0 Å². The SMILES string of the molecule is CC1=NN(c2ccc(S(=O)(=O)N3CCOCC3)cc2)C(=O)C1.CCC(C(C)=O)C(=O)O. The van der Waals surface area contributed by atoms with Gasteiger partial charge in [0.2, 0.25) is 10.0 Å². The molecule has 2 aliphatic heterocycles. The largest absolute Gasteiger partial charge is 0.481 e. The van der Waals surface area contributed by atoms with Crippen LogP contribution < -0.4 is 5.01 Å². The summed E-state index contributed by atoms with van der Waals surface area (Å²) in [5.74, 6) is -2.21. The minimum absolute atomic E-state index is 0.110. The second kappa shape index (κ2) is 10.6. The molecule has 1 aromatic carbocycles. The van der Waals surface area contributed by atoms with E-state index in [-0.39, 0.29) is 16.6 Å². The molecule has 0 aliphatic carbocycles. The van der Waals surface area contributed by atoms with Crippen LogP contribution in [0.1, 0.15) is 33.6 Å². The van der Waals surface area contributed by atoms with Crippen molar-refractivity contribution in [3.05, 3.63) is 24.3 Å². The fraction of sp³-hybridized carbons (Fsp3) is 0.500. The second-order valence-electron chi connectivity index (χ2n) is 7.14. The summed E-state index contributed by atoms with van der Waals surface area (Å²) in [4.78, 5) is 32.6. The number of hydrazone groups is 1. The molecule has 170 valence electrons. The minimum Gasteiger partial charge on any atom is -0.481 e. The van der Waals surface area contributed by atoms with Crippen molar-refractivity contribution in [1.82, 2.24) is 4.31 Å². The summed E-state index contributed by atoms with van der Waals surface area (Å²) in [6.45, 7) is 6.30. The molecule has 2 aliphatic rings. The van der Waals surface area contributed by atoms with Crippen LogP contribution in [0, 0.1) is 5.92 Å². The van der Waals surface area contributed by atoms with E-state index in [0.717, 1.165) is 5.71 Å². The Morgan fingerprint density at radius 3 is 2.16 bits per heavy atom. The van der Waals surface area contributed by atoms with Gasteiger partial charge in [-0.2, -0.15) is 9.41 Å². The predicted octanol–water partition coefficient (Wildman–Crippen LogP) is 1.51. The lowest BCUT2D eigenvalue weighted by Gasteiger charge is -2.26. The number of sulfonamides is 1. The number of benzene rings is 1. The van der Waals surface area contributed by atoms with E-state index in [2.05, 4.69) is 5.10 Å². The molecule has 0 spiro atoms. The van der Waals surface area contributed by atoms with E-state index in [4.69, 9.17) is 9.84 Å². The van der Waals surface area contributed by atoms with Crippen LogP contribution in [0.4, 0.5) is 5.69 Å². The summed E-state index contributed by atoms with van der Waals surface area (Å²) >= 11 is 0. The molecular weight excluding hydrogens is 426 g/mol. The molecule has 3 rings (SSSR count). The van der Waals surface area contributed by atoms with Gasteiger partial charge in [-0.3, -0.25) is 14.4 Å². The molecule has 1 atom stereocenters. The van der Waals surface area contributed by atoms with Crippen LogP contribution in [0.3, 0.4) is 0 Å². The van der Waals surface area contributed by atoms with Crippen molar-refractivity contribution >= 4 is 39.1 Å². The molecule has 1 aromatic rings. The van der Waals surface area contributed by atoms with Crippen molar-refractivity contribution in [3.8, 4) is 0 Å². The highest BCUT2D eigenvalue weighted by Crippen LogP contribution is 2.24. The third-order valence-electron chi connectivity index (χ3n) is 4.80. The summed E-state index contributed by atoms with van der Waals surface area (Å²) in [6.07, 6.45) is 0.679. The van der Waals surface area contributed by atoms with Gasteiger partial charge in [0.1, 0.15) is 11.7 Å². The quantitative estimate of drug-likeness (QED) is 0.645. The maximum Gasteiger partial charge on any atom is 0.314 e. The number of hydrogen-bond acceptors (Lipinski definition) is 7. The van der Waals surface area contributed by atoms with Crippen molar-refractivity contribution < 1.29 is 32.6 Å². The molecule has 0 saturated carbocycles. The zero-order chi connectivity index (χ0) is 23.2. The van der Waals surface area contributed by atoms with Gasteiger partial charge in [0.05, 0.1) is 30.2 Å². The molecule has 10 nitrogen and oxygen atoms in total. The predicted molar refractivity (Wildman–Crippen MR) is 113 cm³/mol. The van der Waals surface area contributed by atoms with Crippen molar-refractivity contribution in [2.45, 2.75) is 38.5 Å². The third kappa shape index (κ3) is 6.18. The number of Topliss-reactive ketones (excluding diaryl/α,β-unsaturated/α-hetero) is 1. The summed E-state index contributed by atoms with van der Waals surface area (Å²) in [5, 5.41) is 13.8. The molecular formula is C20H27N3O7S. The number of carboxylic acids is 1. The van der Waals surface area contributed by atoms with Crippen LogP contribution in [0.5, 0.6) is 0 Å². The first-order chi connectivity index (χ1) is 14.6. The van der Waals surface area contributed by atoms with Gasteiger partial charge in [0.15, 0.2) is 0 Å². The van der Waals surface area contributed by atoms with E-state index in [1.807, 2.05) is 0 Å². The number of rotatable bonds is 6. The van der Waals surface area contributed by atoms with E-state index in [1.165, 1.54) is 28.4 Å². The number of amides is 1. The number of ketones is 1. The molecule has 31 heavy (non-hydrogen) atoms. The van der Waals surface area contributed by atoms with Gasteiger partial charge < -0.3 is 9.84 Å². The molecule has 0 radical (unpaired) electrons. The maximum absolute atomic E-state index is 12.5. The number of anilines is 1. The molecule has 1 fully saturated rings. The third-order valence-corrected chi connectivity index (χ3v) is 6.71. The average Bonchev–Trinajstić information content (AvgIpc) is 3.07. The summed E-state index contributed by atoms with van der Waals surface area (Å²) < 4.78 is 31.6. The first-order valence-electron chi connectivity index (χ1n) is 9.86. The Kier molecular flexibility index (Phi) is 8.43. The van der Waals surface area contributed by atoms with Crippen LogP contribution in [0.25, 0.3) is 0 Å². The van der Waals surface area contributed by atoms with Gasteiger partial charge in [-0.25, -0.2) is 13.4 Å². The van der Waals surface area contributed by atoms with Crippen molar-refractivity contribution in [2.24, 2.45) is 11.0 Å². The standard InChI is InChI=1S/C14H17N3O4S.C6H10O3/c1-11-10-14(18)17(15-11)12-2-4-13(5-3-12)22(19,20)16-6-8-21-9-7-16;1-3-5(4(2)7)6(8)9/h2-5H,6-10H2,1H3;5H,3H2,1-2H3,(H,8,9). The van der Waals surface area contributed by atoms with E-state index in [9.17, 15) is 22.8 Å². The topological polar surface area (TPSA) is 134 Å². The number of carbonyl (C=O) groups excluding carboxylic acids is 2. The first-order valence-corrected chi connectivity index (χ1v) is 11.3. The van der Waals surface area contributed by atoms with E-state index >= 15 is 0 Å². The Morgan fingerprint density at radius 1 is 1.19 bits per heavy atom. The van der Waals surface area contributed by atoms with Gasteiger partial charge in [-0.15, -0.1) is 0 Å². The van der Waals surface area contributed by atoms with Gasteiger partial charge in [-0.05, 0) is 44.5 Å². The molecule has 1 unspecified atom stereocenters. The zero-order valence-electron chi connectivity index (χ0n) is 17.8. The van der Waals surface area contributed by atoms with Gasteiger partial charge in [0.25, 0.3) is 5.91 Å². The second-order valence-corrected chi connectivity index (χ2v) is 9.08. The zero-order valence-corrected chi connectivity index (χ0v) is 18.6. The monoisotopic (exact) mass is 453 g/mol. The fourth-order valence-electron chi connectivity index (χ4n) is 3.09. The van der Waals surface area contributed by atoms with Crippen molar-refractivity contribution in [1.29, 1.82) is 0 Å². The number of ether oxygens (including phenoxy) is 1. The minimum atomic E-state index is -3.51. The van der Waals surface area contributed by atoms with E-state index in [1.54, 1.807) is 26.0 Å². The van der Waals surface area contributed by atoms with Crippen molar-refractivity contribution in [3.63, 3.8) is 0 Å². The molecule has 1 N–H and O–H groups in total. The Balaban J connectivity index is 0.000000323. The summed E-state index contributed by atoms with van der Waals surface area (Å²) in [6, 6.07) is 6.23. The van der Waals surface area contributed by atoms with Crippen LogP contribution in [-0.2, 0) is 29.1 Å². The summed E-state index contributed by atoms with van der Waals surface area (Å²) in [7, 11) is -3.51. The number of hydrogen-bond donors (Lipinski definition) is 1. The van der Waals surface area contributed by atoms with E-state index < -0.39 is 21.9 Å². The number of nitrogens with zero attached hydrogens (tertiary/aromatic N) is 3. The van der Waals surface area contributed by atoms with Crippen LogP contribution >= 0.6 is 0 Å². The number of carbonyl (C=O) groups is 3. The lowest BCUT2D eigenvalue weighted by Crippen LogP contribution is -2.40.